The molecule has 0 atom stereocenters. The summed E-state index contributed by atoms with van der Waals surface area (Å²) in [7, 11) is 0. The molecule has 0 aliphatic rings. The molecule has 108 valence electrons. The summed E-state index contributed by atoms with van der Waals surface area (Å²) in [5.41, 5.74) is 0.897. The summed E-state index contributed by atoms with van der Waals surface area (Å²) in [6.45, 7) is 5.01. The van der Waals surface area contributed by atoms with Crippen molar-refractivity contribution in [1.82, 2.24) is 0 Å². The summed E-state index contributed by atoms with van der Waals surface area (Å²) in [6.07, 6.45) is 4.12. The van der Waals surface area contributed by atoms with Crippen molar-refractivity contribution in [3.05, 3.63) is 33.9 Å². The van der Waals surface area contributed by atoms with Gasteiger partial charge in [0, 0.05) is 23.4 Å². The number of anilines is 1. The molecule has 1 N–H and O–H groups in total. The summed E-state index contributed by atoms with van der Waals surface area (Å²) >= 11 is 1.80. The van der Waals surface area contributed by atoms with E-state index in [-0.39, 0.29) is 10.4 Å². The third-order valence-electron chi connectivity index (χ3n) is 3.66. The average Bonchev–Trinajstić information content (AvgIpc) is 2.49. The van der Waals surface area contributed by atoms with Crippen LogP contribution in [-0.2, 0) is 0 Å². The lowest BCUT2D eigenvalue weighted by Gasteiger charge is -2.30. The van der Waals surface area contributed by atoms with Gasteiger partial charge in [0.2, 0.25) is 0 Å². The van der Waals surface area contributed by atoms with Gasteiger partial charge in [0.25, 0.3) is 5.69 Å². The Morgan fingerprint density at radius 3 is 2.55 bits per heavy atom. The number of benzene rings is 1. The number of nitro benzene ring substituents is 1. The number of hydrogen-bond donors (Lipinski definition) is 1. The van der Waals surface area contributed by atoms with E-state index in [1.807, 2.05) is 6.07 Å². The summed E-state index contributed by atoms with van der Waals surface area (Å²) in [5.74, 6) is 0. The Hall–Kier alpha value is -1.74. The van der Waals surface area contributed by atoms with E-state index in [2.05, 4.69) is 25.4 Å². The van der Waals surface area contributed by atoms with Gasteiger partial charge >= 0.3 is 0 Å². The van der Waals surface area contributed by atoms with Crippen molar-refractivity contribution >= 4 is 23.1 Å². The molecule has 0 radical (unpaired) electrons. The quantitative estimate of drug-likeness (QED) is 0.611. The molecular weight excluding hydrogens is 274 g/mol. The van der Waals surface area contributed by atoms with E-state index in [0.717, 1.165) is 19.4 Å². The van der Waals surface area contributed by atoms with Crippen LogP contribution in [0.4, 0.5) is 11.4 Å². The molecule has 1 aromatic rings. The van der Waals surface area contributed by atoms with Gasteiger partial charge in [-0.1, -0.05) is 13.8 Å². The largest absolute Gasteiger partial charge is 0.383 e. The van der Waals surface area contributed by atoms with Gasteiger partial charge in [-0.15, -0.1) is 0 Å². The molecule has 0 spiro atoms. The second-order valence-corrected chi connectivity index (χ2v) is 5.82. The van der Waals surface area contributed by atoms with Gasteiger partial charge < -0.3 is 5.32 Å². The smallest absolute Gasteiger partial charge is 0.270 e. The van der Waals surface area contributed by atoms with Gasteiger partial charge in [-0.3, -0.25) is 10.1 Å². The molecule has 0 aliphatic carbocycles. The highest BCUT2D eigenvalue weighted by atomic mass is 32.2. The number of hydrogen-bond acceptors (Lipinski definition) is 5. The number of rotatable bonds is 7. The molecule has 6 heteroatoms. The third-order valence-corrected chi connectivity index (χ3v) is 5.24. The molecule has 1 aromatic carbocycles. The molecule has 0 saturated heterocycles. The standard InChI is InChI=1S/C14H19N3O2S/c1-4-14(5-2,20-3)10-16-13-7-6-12(17(18)19)8-11(13)9-15/h6-8,16H,4-5,10H2,1-3H3. The zero-order valence-corrected chi connectivity index (χ0v) is 12.8. The molecule has 5 nitrogen and oxygen atoms in total. The lowest BCUT2D eigenvalue weighted by molar-refractivity contribution is -0.384. The molecule has 0 aliphatic heterocycles. The van der Waals surface area contributed by atoms with Crippen LogP contribution < -0.4 is 5.32 Å². The van der Waals surface area contributed by atoms with E-state index in [0.29, 0.717) is 11.3 Å². The first-order valence-corrected chi connectivity index (χ1v) is 7.72. The van der Waals surface area contributed by atoms with E-state index in [1.54, 1.807) is 17.8 Å². The van der Waals surface area contributed by atoms with Gasteiger partial charge in [-0.25, -0.2) is 0 Å². The van der Waals surface area contributed by atoms with Crippen LogP contribution in [-0.4, -0.2) is 22.5 Å². The second kappa shape index (κ2) is 7.15. The van der Waals surface area contributed by atoms with Crippen molar-refractivity contribution in [1.29, 1.82) is 5.26 Å². The highest BCUT2D eigenvalue weighted by Crippen LogP contribution is 2.31. The molecule has 0 heterocycles. The fourth-order valence-electron chi connectivity index (χ4n) is 2.01. The molecule has 0 aromatic heterocycles. The van der Waals surface area contributed by atoms with Crippen molar-refractivity contribution in [3.8, 4) is 6.07 Å². The lowest BCUT2D eigenvalue weighted by Crippen LogP contribution is -2.32. The van der Waals surface area contributed by atoms with Crippen molar-refractivity contribution < 1.29 is 4.92 Å². The van der Waals surface area contributed by atoms with E-state index < -0.39 is 4.92 Å². The van der Waals surface area contributed by atoms with Crippen LogP contribution in [0.2, 0.25) is 0 Å². The molecule has 0 saturated carbocycles. The van der Waals surface area contributed by atoms with Gasteiger partial charge in [-0.05, 0) is 25.2 Å². The van der Waals surface area contributed by atoms with Crippen molar-refractivity contribution in [2.45, 2.75) is 31.4 Å². The topological polar surface area (TPSA) is 79.0 Å². The molecule has 0 fully saturated rings. The zero-order chi connectivity index (χ0) is 15.2. The van der Waals surface area contributed by atoms with Crippen LogP contribution in [0.1, 0.15) is 32.3 Å². The van der Waals surface area contributed by atoms with Crippen molar-refractivity contribution in [2.75, 3.05) is 18.1 Å². The van der Waals surface area contributed by atoms with Crippen LogP contribution in [0.15, 0.2) is 18.2 Å². The van der Waals surface area contributed by atoms with Crippen LogP contribution in [0.5, 0.6) is 0 Å². The first-order chi connectivity index (χ1) is 9.51. The van der Waals surface area contributed by atoms with E-state index in [9.17, 15) is 10.1 Å². The fraction of sp³-hybridized carbons (Fsp3) is 0.500. The van der Waals surface area contributed by atoms with Crippen LogP contribution in [0.3, 0.4) is 0 Å². The highest BCUT2D eigenvalue weighted by molar-refractivity contribution is 8.00. The number of thioether (sulfide) groups is 1. The molecule has 0 amide bonds. The lowest BCUT2D eigenvalue weighted by atomic mass is 10.0. The Labute approximate surface area is 123 Å². The minimum absolute atomic E-state index is 0.0609. The summed E-state index contributed by atoms with van der Waals surface area (Å²) in [5, 5.41) is 23.1. The monoisotopic (exact) mass is 293 g/mol. The second-order valence-electron chi connectivity index (χ2n) is 4.55. The number of non-ortho nitro benzene ring substituents is 1. The van der Waals surface area contributed by atoms with Gasteiger partial charge in [0.15, 0.2) is 0 Å². The molecule has 1 rings (SSSR count). The normalized spacial score (nSPS) is 10.9. The first kappa shape index (κ1) is 16.3. The SMILES string of the molecule is CCC(CC)(CNc1ccc([N+](=O)[O-])cc1C#N)SC. The minimum atomic E-state index is -0.491. The Balaban J connectivity index is 2.93. The maximum absolute atomic E-state index is 10.7. The van der Waals surface area contributed by atoms with Crippen molar-refractivity contribution in [3.63, 3.8) is 0 Å². The Morgan fingerprint density at radius 1 is 1.45 bits per heavy atom. The summed E-state index contributed by atoms with van der Waals surface area (Å²) in [6, 6.07) is 6.34. The zero-order valence-electron chi connectivity index (χ0n) is 12.0. The number of nitrogens with zero attached hydrogens (tertiary/aromatic N) is 2. The third kappa shape index (κ3) is 3.64. The van der Waals surface area contributed by atoms with Gasteiger partial charge in [0.05, 0.1) is 16.2 Å². The van der Waals surface area contributed by atoms with Gasteiger partial charge in [0.1, 0.15) is 6.07 Å². The summed E-state index contributed by atoms with van der Waals surface area (Å²) in [4.78, 5) is 10.2. The predicted molar refractivity (Wildman–Crippen MR) is 83.1 cm³/mol. The van der Waals surface area contributed by atoms with E-state index >= 15 is 0 Å². The van der Waals surface area contributed by atoms with Crippen molar-refractivity contribution in [2.24, 2.45) is 0 Å². The Morgan fingerprint density at radius 2 is 2.10 bits per heavy atom. The molecule has 0 bridgehead atoms. The van der Waals surface area contributed by atoms with Crippen LogP contribution in [0, 0.1) is 21.4 Å². The maximum atomic E-state index is 10.7. The number of nitrogens with one attached hydrogen (secondary N) is 1. The van der Waals surface area contributed by atoms with Crippen LogP contribution >= 0.6 is 11.8 Å². The van der Waals surface area contributed by atoms with E-state index in [1.165, 1.54) is 12.1 Å². The Bertz CT molecular complexity index is 513. The predicted octanol–water partition coefficient (Wildman–Crippen LogP) is 3.80. The fourth-order valence-corrected chi connectivity index (χ4v) is 2.80. The molecule has 0 unspecified atom stereocenters. The number of nitriles is 1. The minimum Gasteiger partial charge on any atom is -0.383 e. The Kier molecular flexibility index (Phi) is 5.83. The van der Waals surface area contributed by atoms with Crippen LogP contribution in [0.25, 0.3) is 0 Å². The molecular formula is C14H19N3O2S. The summed E-state index contributed by atoms with van der Waals surface area (Å²) < 4.78 is 0.120. The van der Waals surface area contributed by atoms with Gasteiger partial charge in [-0.2, -0.15) is 17.0 Å². The highest BCUT2D eigenvalue weighted by Gasteiger charge is 2.25. The maximum Gasteiger partial charge on any atom is 0.270 e. The first-order valence-electron chi connectivity index (χ1n) is 6.49. The van der Waals surface area contributed by atoms with E-state index in [4.69, 9.17) is 5.26 Å². The average molecular weight is 293 g/mol. The molecule has 20 heavy (non-hydrogen) atoms. The number of nitro groups is 1.